The van der Waals surface area contributed by atoms with E-state index < -0.39 is 12.0 Å². The number of carbonyl (C=O) groups excluding carboxylic acids is 2. The van der Waals surface area contributed by atoms with Crippen molar-refractivity contribution >= 4 is 28.8 Å². The summed E-state index contributed by atoms with van der Waals surface area (Å²) in [4.78, 5) is 35.0. The van der Waals surface area contributed by atoms with Crippen LogP contribution in [-0.2, 0) is 14.3 Å². The minimum absolute atomic E-state index is 0.0618. The summed E-state index contributed by atoms with van der Waals surface area (Å²) in [5.74, 6) is 0.710. The lowest BCUT2D eigenvalue weighted by Crippen LogP contribution is -2.39. The largest absolute Gasteiger partial charge is 0.497 e. The van der Waals surface area contributed by atoms with Crippen LogP contribution in [0.5, 0.6) is 11.5 Å². The molecular formula is C26H34N4O5S. The molecule has 1 amide bonds. The number of fused-ring (bicyclic) bond motifs is 1. The third-order valence-electron chi connectivity index (χ3n) is 6.48. The summed E-state index contributed by atoms with van der Waals surface area (Å²) in [7, 11) is 3.17. The first-order chi connectivity index (χ1) is 17.4. The van der Waals surface area contributed by atoms with Crippen LogP contribution in [0.2, 0.25) is 0 Å². The van der Waals surface area contributed by atoms with Crippen LogP contribution in [0.3, 0.4) is 0 Å². The third kappa shape index (κ3) is 5.70. The fraction of sp³-hybridized carbons (Fsp3) is 0.500. The molecular weight excluding hydrogens is 480 g/mol. The summed E-state index contributed by atoms with van der Waals surface area (Å²) in [6.07, 6.45) is 2.63. The number of rotatable bonds is 10. The second-order valence-electron chi connectivity index (χ2n) is 8.83. The third-order valence-corrected chi connectivity index (χ3v) is 7.36. The summed E-state index contributed by atoms with van der Waals surface area (Å²) < 4.78 is 16.4. The number of methoxy groups -OCH3 is 2. The quantitative estimate of drug-likeness (QED) is 0.475. The van der Waals surface area contributed by atoms with E-state index in [0.29, 0.717) is 34.5 Å². The maximum Gasteiger partial charge on any atom is 0.338 e. The van der Waals surface area contributed by atoms with Gasteiger partial charge in [-0.05, 0) is 62.9 Å². The minimum Gasteiger partial charge on any atom is -0.497 e. The molecule has 1 N–H and O–H groups in total. The molecule has 0 aliphatic carbocycles. The number of amides is 1. The monoisotopic (exact) mass is 514 g/mol. The van der Waals surface area contributed by atoms with Crippen LogP contribution in [0.1, 0.15) is 44.7 Å². The van der Waals surface area contributed by atoms with Crippen molar-refractivity contribution in [2.24, 2.45) is 4.99 Å². The molecule has 0 aromatic heterocycles. The number of ether oxygens (including phenoxy) is 3. The molecule has 3 aliphatic heterocycles. The maximum absolute atomic E-state index is 13.1. The van der Waals surface area contributed by atoms with Gasteiger partial charge in [-0.15, -0.1) is 0 Å². The lowest BCUT2D eigenvalue weighted by atomic mass is 9.93. The Morgan fingerprint density at radius 1 is 1.14 bits per heavy atom. The first kappa shape index (κ1) is 26.1. The molecule has 1 aromatic carbocycles. The highest BCUT2D eigenvalue weighted by Gasteiger charge is 2.41. The number of likely N-dealkylation sites (tertiary alicyclic amines) is 1. The lowest BCUT2D eigenvalue weighted by molar-refractivity contribution is -0.139. The van der Waals surface area contributed by atoms with Crippen molar-refractivity contribution in [1.29, 1.82) is 0 Å². The van der Waals surface area contributed by atoms with Gasteiger partial charge in [-0.1, -0.05) is 11.8 Å². The van der Waals surface area contributed by atoms with Gasteiger partial charge in [0.15, 0.2) is 5.17 Å². The number of benzene rings is 1. The highest BCUT2D eigenvalue weighted by Crippen LogP contribution is 2.46. The normalized spacial score (nSPS) is 19.6. The molecule has 1 fully saturated rings. The molecule has 1 aromatic rings. The molecule has 0 radical (unpaired) electrons. The van der Waals surface area contributed by atoms with Crippen molar-refractivity contribution in [3.63, 3.8) is 0 Å². The molecule has 0 spiro atoms. The van der Waals surface area contributed by atoms with Gasteiger partial charge in [0.25, 0.3) is 0 Å². The molecule has 10 heteroatoms. The summed E-state index contributed by atoms with van der Waals surface area (Å²) in [6, 6.07) is 4.99. The van der Waals surface area contributed by atoms with Gasteiger partial charge in [-0.3, -0.25) is 4.79 Å². The van der Waals surface area contributed by atoms with E-state index in [0.717, 1.165) is 30.9 Å². The minimum atomic E-state index is -0.542. The highest BCUT2D eigenvalue weighted by molar-refractivity contribution is 8.16. The molecule has 1 saturated heterocycles. The van der Waals surface area contributed by atoms with Crippen molar-refractivity contribution in [2.45, 2.75) is 39.2 Å². The Hall–Kier alpha value is -2.98. The van der Waals surface area contributed by atoms with Crippen molar-refractivity contribution in [3.8, 4) is 11.5 Å². The number of hydrogen-bond acceptors (Lipinski definition) is 9. The number of nitrogens with zero attached hydrogens (tertiary/aromatic N) is 3. The molecule has 4 rings (SSSR count). The van der Waals surface area contributed by atoms with Gasteiger partial charge in [0, 0.05) is 24.9 Å². The summed E-state index contributed by atoms with van der Waals surface area (Å²) in [5.41, 5.74) is 2.57. The summed E-state index contributed by atoms with van der Waals surface area (Å²) in [5, 5.41) is 5.70. The van der Waals surface area contributed by atoms with E-state index in [9.17, 15) is 9.59 Å². The SMILES string of the molecule is CCOC(=O)C1=C(C)N=C2SC=C(CC(=O)NCCN3CCCC3)N2[C@@H]1c1cc(OC)cc(OC)c1. The van der Waals surface area contributed by atoms with Gasteiger partial charge in [0.1, 0.15) is 11.5 Å². The fourth-order valence-electron chi connectivity index (χ4n) is 4.73. The van der Waals surface area contributed by atoms with Gasteiger partial charge in [-0.25, -0.2) is 9.79 Å². The molecule has 0 unspecified atom stereocenters. The molecule has 3 heterocycles. The van der Waals surface area contributed by atoms with E-state index in [-0.39, 0.29) is 18.9 Å². The molecule has 0 saturated carbocycles. The van der Waals surface area contributed by atoms with Gasteiger partial charge in [0.2, 0.25) is 5.91 Å². The van der Waals surface area contributed by atoms with E-state index in [2.05, 4.69) is 10.2 Å². The van der Waals surface area contributed by atoms with Crippen LogP contribution in [0.4, 0.5) is 0 Å². The second kappa shape index (κ2) is 11.8. The van der Waals surface area contributed by atoms with Crippen LogP contribution in [-0.4, -0.2) is 73.8 Å². The number of hydrogen-bond donors (Lipinski definition) is 1. The number of amidine groups is 1. The zero-order valence-electron chi connectivity index (χ0n) is 21.3. The number of esters is 1. The van der Waals surface area contributed by atoms with Crippen LogP contribution in [0, 0.1) is 0 Å². The molecule has 9 nitrogen and oxygen atoms in total. The fourth-order valence-corrected chi connectivity index (χ4v) is 5.69. The van der Waals surface area contributed by atoms with Gasteiger partial charge >= 0.3 is 5.97 Å². The van der Waals surface area contributed by atoms with Crippen LogP contribution in [0.15, 0.2) is 45.6 Å². The van der Waals surface area contributed by atoms with Crippen LogP contribution >= 0.6 is 11.8 Å². The molecule has 0 bridgehead atoms. The Balaban J connectivity index is 1.61. The van der Waals surface area contributed by atoms with Gasteiger partial charge < -0.3 is 29.3 Å². The first-order valence-corrected chi connectivity index (χ1v) is 13.2. The number of nitrogens with one attached hydrogen (secondary N) is 1. The van der Waals surface area contributed by atoms with Gasteiger partial charge in [0.05, 0.1) is 44.6 Å². The molecule has 3 aliphatic rings. The second-order valence-corrected chi connectivity index (χ2v) is 9.67. The Morgan fingerprint density at radius 3 is 2.47 bits per heavy atom. The van der Waals surface area contributed by atoms with E-state index in [1.807, 2.05) is 29.4 Å². The zero-order valence-corrected chi connectivity index (χ0v) is 22.2. The average molecular weight is 515 g/mol. The van der Waals surface area contributed by atoms with Crippen LogP contribution < -0.4 is 14.8 Å². The van der Waals surface area contributed by atoms with Crippen molar-refractivity contribution in [3.05, 3.63) is 46.1 Å². The lowest BCUT2D eigenvalue weighted by Gasteiger charge is -2.36. The number of thioether (sulfide) groups is 1. The molecule has 1 atom stereocenters. The smallest absolute Gasteiger partial charge is 0.338 e. The predicted octanol–water partition coefficient (Wildman–Crippen LogP) is 3.44. The Bertz CT molecular complexity index is 1070. The van der Waals surface area contributed by atoms with Gasteiger partial charge in [-0.2, -0.15) is 0 Å². The summed E-state index contributed by atoms with van der Waals surface area (Å²) in [6.45, 7) is 7.50. The van der Waals surface area contributed by atoms with E-state index in [1.165, 1.54) is 24.6 Å². The highest BCUT2D eigenvalue weighted by atomic mass is 32.2. The topological polar surface area (TPSA) is 92.7 Å². The molecule has 194 valence electrons. The van der Waals surface area contributed by atoms with E-state index in [4.69, 9.17) is 19.2 Å². The Kier molecular flexibility index (Phi) is 8.58. The zero-order chi connectivity index (χ0) is 25.7. The first-order valence-electron chi connectivity index (χ1n) is 12.3. The Morgan fingerprint density at radius 2 is 1.83 bits per heavy atom. The number of aliphatic imine (C=N–C) groups is 1. The number of allylic oxidation sites excluding steroid dienone is 1. The van der Waals surface area contributed by atoms with E-state index >= 15 is 0 Å². The van der Waals surface area contributed by atoms with Crippen molar-refractivity contribution < 1.29 is 23.8 Å². The Labute approximate surface area is 216 Å². The average Bonchev–Trinajstić information content (AvgIpc) is 3.53. The van der Waals surface area contributed by atoms with E-state index in [1.54, 1.807) is 27.2 Å². The maximum atomic E-state index is 13.1. The standard InChI is InChI=1S/C26H34N4O5S/c1-5-35-25(32)23-17(2)28-26-30(24(23)18-12-20(33-3)15-21(13-18)34-4)19(16-36-26)14-22(31)27-8-11-29-9-6-7-10-29/h12-13,15-16,24H,5-11,14H2,1-4H3,(H,27,31)/t24-/m1/s1. The molecule has 36 heavy (non-hydrogen) atoms. The predicted molar refractivity (Wildman–Crippen MR) is 140 cm³/mol. The van der Waals surface area contributed by atoms with Crippen LogP contribution in [0.25, 0.3) is 0 Å². The summed E-state index contributed by atoms with van der Waals surface area (Å²) >= 11 is 1.45. The van der Waals surface area contributed by atoms with Crippen molar-refractivity contribution in [2.75, 3.05) is 47.0 Å². The number of carbonyl (C=O) groups is 2. The van der Waals surface area contributed by atoms with Crippen molar-refractivity contribution in [1.82, 2.24) is 15.1 Å².